The number of alkyl halides is 2. The zero-order valence-corrected chi connectivity index (χ0v) is 21.3. The van der Waals surface area contributed by atoms with Crippen molar-refractivity contribution in [2.24, 2.45) is 5.73 Å². The lowest BCUT2D eigenvalue weighted by Gasteiger charge is -2.30. The lowest BCUT2D eigenvalue weighted by atomic mass is 9.98. The first-order valence-electron chi connectivity index (χ1n) is 11.4. The molecule has 1 atom stereocenters. The molecule has 1 heterocycles. The molecule has 0 radical (unpaired) electrons. The van der Waals surface area contributed by atoms with E-state index in [2.05, 4.69) is 17.3 Å². The minimum Gasteiger partial charge on any atom is -0.444 e. The normalized spacial score (nSPS) is 16.0. The third kappa shape index (κ3) is 9.20. The van der Waals surface area contributed by atoms with Gasteiger partial charge in [0.25, 0.3) is 5.92 Å². The van der Waals surface area contributed by atoms with Crippen LogP contribution in [-0.4, -0.2) is 55.1 Å². The Labute approximate surface area is 210 Å². The number of nitrogens with one attached hydrogen (secondary N) is 1. The Morgan fingerprint density at radius 2 is 1.57 bits per heavy atom. The zero-order chi connectivity index (χ0) is 26.2. The van der Waals surface area contributed by atoms with Gasteiger partial charge in [-0.3, -0.25) is 0 Å². The number of aldehydes is 1. The fraction of sp³-hybridized carbons (Fsp3) is 0.462. The smallest absolute Gasteiger partial charge is 0.407 e. The van der Waals surface area contributed by atoms with Gasteiger partial charge in [0.1, 0.15) is 17.9 Å². The zero-order valence-electron chi connectivity index (χ0n) is 20.6. The summed E-state index contributed by atoms with van der Waals surface area (Å²) in [5.41, 5.74) is 6.07. The highest BCUT2D eigenvalue weighted by molar-refractivity contribution is 6.30. The molecule has 0 aliphatic carbocycles. The number of hydrogen-bond acceptors (Lipinski definition) is 5. The number of piperidine rings is 1. The molecule has 1 amide bonds. The molecule has 1 fully saturated rings. The van der Waals surface area contributed by atoms with Crippen LogP contribution in [0, 0.1) is 0 Å². The van der Waals surface area contributed by atoms with Crippen LogP contribution in [0.15, 0.2) is 48.5 Å². The van der Waals surface area contributed by atoms with Crippen molar-refractivity contribution < 1.29 is 23.1 Å². The van der Waals surface area contributed by atoms with Crippen LogP contribution in [0.25, 0.3) is 11.1 Å². The molecule has 1 unspecified atom stereocenters. The molecule has 1 aliphatic heterocycles. The van der Waals surface area contributed by atoms with Crippen LogP contribution >= 0.6 is 11.6 Å². The van der Waals surface area contributed by atoms with Crippen LogP contribution in [0.4, 0.5) is 13.6 Å². The van der Waals surface area contributed by atoms with Gasteiger partial charge in [-0.15, -0.1) is 0 Å². The number of carbonyl (C=O) groups excluding carboxylic acids is 2. The number of likely N-dealkylation sites (tertiary alicyclic amines) is 1. The number of rotatable bonds is 5. The van der Waals surface area contributed by atoms with Crippen molar-refractivity contribution in [1.29, 1.82) is 0 Å². The van der Waals surface area contributed by atoms with Gasteiger partial charge < -0.3 is 25.5 Å². The van der Waals surface area contributed by atoms with E-state index in [1.165, 1.54) is 12.1 Å². The van der Waals surface area contributed by atoms with E-state index in [1.807, 2.05) is 20.8 Å². The third-order valence-electron chi connectivity index (χ3n) is 5.45. The predicted octanol–water partition coefficient (Wildman–Crippen LogP) is 5.23. The lowest BCUT2D eigenvalue weighted by molar-refractivity contribution is -0.118. The van der Waals surface area contributed by atoms with E-state index in [0.717, 1.165) is 37.1 Å². The van der Waals surface area contributed by atoms with E-state index < -0.39 is 17.6 Å². The van der Waals surface area contributed by atoms with E-state index in [1.54, 1.807) is 36.4 Å². The fourth-order valence-corrected chi connectivity index (χ4v) is 3.56. The highest BCUT2D eigenvalue weighted by Gasteiger charge is 2.38. The standard InChI is InChI=1S/C15H12ClF2NO.C11H22N2O2/c16-13-7-3-11(4-8-13)10-1-5-12(6-2-10)15(17,18)14(19)9-20;1-11(2,3)15-10(14)12-9-5-7-13(4)8-6-9/h1-9,14H,19H2;9H,5-8H2,1-4H3,(H,12,14). The average molecular weight is 510 g/mol. The number of hydrogen-bond donors (Lipinski definition) is 2. The second-order valence-electron chi connectivity index (χ2n) is 9.59. The van der Waals surface area contributed by atoms with Gasteiger partial charge in [0.05, 0.1) is 0 Å². The molecule has 192 valence electrons. The molecule has 2 aromatic carbocycles. The van der Waals surface area contributed by atoms with Gasteiger partial charge in [-0.05, 0) is 77.0 Å². The molecule has 2 aromatic rings. The van der Waals surface area contributed by atoms with Crippen LogP contribution in [0.2, 0.25) is 5.02 Å². The van der Waals surface area contributed by atoms with E-state index in [9.17, 15) is 18.4 Å². The van der Waals surface area contributed by atoms with E-state index in [0.29, 0.717) is 5.02 Å². The summed E-state index contributed by atoms with van der Waals surface area (Å²) >= 11 is 5.79. The van der Waals surface area contributed by atoms with Gasteiger partial charge in [-0.1, -0.05) is 48.0 Å². The summed E-state index contributed by atoms with van der Waals surface area (Å²) < 4.78 is 32.7. The molecule has 0 spiro atoms. The second-order valence-corrected chi connectivity index (χ2v) is 10.0. The number of alkyl carbamates (subject to hydrolysis) is 1. The first kappa shape index (κ1) is 28.7. The molecular weight excluding hydrogens is 476 g/mol. The minimum atomic E-state index is -3.37. The van der Waals surface area contributed by atoms with Gasteiger partial charge in [0, 0.05) is 16.6 Å². The first-order valence-corrected chi connectivity index (χ1v) is 11.8. The summed E-state index contributed by atoms with van der Waals surface area (Å²) in [5, 5.41) is 3.51. The van der Waals surface area contributed by atoms with Crippen LogP contribution in [-0.2, 0) is 15.5 Å². The van der Waals surface area contributed by atoms with Gasteiger partial charge >= 0.3 is 6.09 Å². The highest BCUT2D eigenvalue weighted by Crippen LogP contribution is 2.32. The SMILES string of the molecule is CN1CCC(NC(=O)OC(C)(C)C)CC1.NC(C=O)C(F)(F)c1ccc(-c2ccc(Cl)cc2)cc1. The molecule has 3 N–H and O–H groups in total. The second kappa shape index (κ2) is 12.4. The summed E-state index contributed by atoms with van der Waals surface area (Å²) in [5.74, 6) is -3.37. The van der Waals surface area contributed by atoms with Gasteiger partial charge in [-0.25, -0.2) is 4.79 Å². The number of nitrogens with zero attached hydrogens (tertiary/aromatic N) is 1. The lowest BCUT2D eigenvalue weighted by Crippen LogP contribution is -2.45. The maximum Gasteiger partial charge on any atom is 0.407 e. The summed E-state index contributed by atoms with van der Waals surface area (Å²) in [4.78, 5) is 24.2. The Balaban J connectivity index is 0.000000258. The van der Waals surface area contributed by atoms with Crippen molar-refractivity contribution >= 4 is 24.0 Å². The molecule has 6 nitrogen and oxygen atoms in total. The van der Waals surface area contributed by atoms with Crippen molar-refractivity contribution in [3.05, 3.63) is 59.1 Å². The summed E-state index contributed by atoms with van der Waals surface area (Å²) in [6, 6.07) is 11.1. The molecule has 0 bridgehead atoms. The highest BCUT2D eigenvalue weighted by atomic mass is 35.5. The number of nitrogens with two attached hydrogens (primary N) is 1. The maximum absolute atomic E-state index is 13.8. The topological polar surface area (TPSA) is 84.7 Å². The van der Waals surface area contributed by atoms with Crippen molar-refractivity contribution in [2.75, 3.05) is 20.1 Å². The quantitative estimate of drug-likeness (QED) is 0.539. The molecule has 35 heavy (non-hydrogen) atoms. The monoisotopic (exact) mass is 509 g/mol. The van der Waals surface area contributed by atoms with E-state index in [-0.39, 0.29) is 24.0 Å². The average Bonchev–Trinajstić information content (AvgIpc) is 2.80. The molecule has 9 heteroatoms. The van der Waals surface area contributed by atoms with Crippen LogP contribution in [0.1, 0.15) is 39.2 Å². The van der Waals surface area contributed by atoms with E-state index in [4.69, 9.17) is 22.1 Å². The third-order valence-corrected chi connectivity index (χ3v) is 5.70. The number of carbonyl (C=O) groups is 2. The molecule has 3 rings (SSSR count). The van der Waals surface area contributed by atoms with Crippen molar-refractivity contribution in [3.8, 4) is 11.1 Å². The molecule has 0 saturated carbocycles. The maximum atomic E-state index is 13.8. The predicted molar refractivity (Wildman–Crippen MR) is 135 cm³/mol. The number of benzene rings is 2. The molecule has 0 aromatic heterocycles. The number of ether oxygens (including phenoxy) is 1. The number of amides is 1. The Morgan fingerprint density at radius 1 is 1.09 bits per heavy atom. The summed E-state index contributed by atoms with van der Waals surface area (Å²) in [6.07, 6.45) is 1.77. The van der Waals surface area contributed by atoms with Gasteiger partial charge in [-0.2, -0.15) is 8.78 Å². The Hall–Kier alpha value is -2.55. The summed E-state index contributed by atoms with van der Waals surface area (Å²) in [6.45, 7) is 7.71. The Bertz CT molecular complexity index is 955. The Morgan fingerprint density at radius 3 is 2.03 bits per heavy atom. The minimum absolute atomic E-state index is 0.0487. The van der Waals surface area contributed by atoms with Crippen LogP contribution in [0.5, 0.6) is 0 Å². The summed E-state index contributed by atoms with van der Waals surface area (Å²) in [7, 11) is 2.10. The van der Waals surface area contributed by atoms with Gasteiger partial charge in [0.2, 0.25) is 0 Å². The first-order chi connectivity index (χ1) is 16.3. The molecular formula is C26H34ClF2N3O3. The van der Waals surface area contributed by atoms with E-state index >= 15 is 0 Å². The van der Waals surface area contributed by atoms with Gasteiger partial charge in [0.15, 0.2) is 0 Å². The van der Waals surface area contributed by atoms with Crippen LogP contribution in [0.3, 0.4) is 0 Å². The van der Waals surface area contributed by atoms with Crippen molar-refractivity contribution in [3.63, 3.8) is 0 Å². The Kier molecular flexibility index (Phi) is 10.2. The largest absolute Gasteiger partial charge is 0.444 e. The molecule has 1 aliphatic rings. The van der Waals surface area contributed by atoms with Crippen LogP contribution < -0.4 is 11.1 Å². The van der Waals surface area contributed by atoms with Crippen molar-refractivity contribution in [1.82, 2.24) is 10.2 Å². The van der Waals surface area contributed by atoms with Crippen molar-refractivity contribution in [2.45, 2.75) is 57.2 Å². The number of halogens is 3. The fourth-order valence-electron chi connectivity index (χ4n) is 3.43. The molecule has 1 saturated heterocycles.